The summed E-state index contributed by atoms with van der Waals surface area (Å²) >= 11 is 1.80. The van der Waals surface area contributed by atoms with Crippen LogP contribution in [0.3, 0.4) is 0 Å². The van der Waals surface area contributed by atoms with Crippen LogP contribution >= 0.6 is 11.3 Å². The molecule has 0 N–H and O–H groups in total. The van der Waals surface area contributed by atoms with Gasteiger partial charge in [0.25, 0.3) is 0 Å². The third kappa shape index (κ3) is 3.74. The second kappa shape index (κ2) is 8.07. The first-order chi connectivity index (χ1) is 14.6. The molecule has 30 heavy (non-hydrogen) atoms. The zero-order chi connectivity index (χ0) is 20.7. The quantitative estimate of drug-likeness (QED) is 0.638. The predicted octanol–water partition coefficient (Wildman–Crippen LogP) is 3.33. The summed E-state index contributed by atoms with van der Waals surface area (Å²) in [6.45, 7) is 13.3. The summed E-state index contributed by atoms with van der Waals surface area (Å²) in [6.07, 6.45) is 4.42. The SMILES string of the molecule is Cc1nccc(N2CCN(c3nc(CN4CCCC4)nc4sc(C)c(C)c34)CC2)n1. The van der Waals surface area contributed by atoms with Crippen molar-refractivity contribution in [3.8, 4) is 0 Å². The van der Waals surface area contributed by atoms with Gasteiger partial charge in [0.2, 0.25) is 0 Å². The molecule has 0 unspecified atom stereocenters. The monoisotopic (exact) mass is 423 g/mol. The normalized spacial score (nSPS) is 18.0. The standard InChI is InChI=1S/C22H29N7S/c1-15-16(2)30-22-20(15)21(25-18(26-22)14-27-8-4-5-9-27)29-12-10-28(11-13-29)19-6-7-23-17(3)24-19/h6-7H,4-5,8-14H2,1-3H3. The minimum absolute atomic E-state index is 0.823. The van der Waals surface area contributed by atoms with Gasteiger partial charge in [-0.15, -0.1) is 11.3 Å². The van der Waals surface area contributed by atoms with E-state index in [1.165, 1.54) is 28.7 Å². The van der Waals surface area contributed by atoms with Crippen LogP contribution in [0.2, 0.25) is 0 Å². The van der Waals surface area contributed by atoms with Gasteiger partial charge in [-0.3, -0.25) is 4.90 Å². The van der Waals surface area contributed by atoms with Crippen molar-refractivity contribution in [3.63, 3.8) is 0 Å². The van der Waals surface area contributed by atoms with Gasteiger partial charge in [-0.1, -0.05) is 0 Å². The maximum Gasteiger partial charge on any atom is 0.146 e. The van der Waals surface area contributed by atoms with Gasteiger partial charge in [-0.2, -0.15) is 0 Å². The summed E-state index contributed by atoms with van der Waals surface area (Å²) in [7, 11) is 0. The third-order valence-electron chi connectivity index (χ3n) is 6.28. The number of aromatic nitrogens is 4. The number of piperazine rings is 1. The van der Waals surface area contributed by atoms with E-state index in [2.05, 4.69) is 38.5 Å². The summed E-state index contributed by atoms with van der Waals surface area (Å²) in [5.41, 5.74) is 1.33. The first-order valence-electron chi connectivity index (χ1n) is 10.9. The fraction of sp³-hybridized carbons (Fsp3) is 0.545. The number of nitrogens with zero attached hydrogens (tertiary/aromatic N) is 7. The molecule has 0 atom stereocenters. The van der Waals surface area contributed by atoms with E-state index in [1.807, 2.05) is 19.2 Å². The van der Waals surface area contributed by atoms with Crippen LogP contribution in [0, 0.1) is 20.8 Å². The van der Waals surface area contributed by atoms with Crippen LogP contribution < -0.4 is 9.80 Å². The number of likely N-dealkylation sites (tertiary alicyclic amines) is 1. The fourth-order valence-electron chi connectivity index (χ4n) is 4.48. The molecule has 8 heteroatoms. The summed E-state index contributed by atoms with van der Waals surface area (Å²) in [6, 6.07) is 2.01. The minimum atomic E-state index is 0.823. The van der Waals surface area contributed by atoms with Crippen LogP contribution in [0.4, 0.5) is 11.6 Å². The Balaban J connectivity index is 1.42. The fourth-order valence-corrected chi connectivity index (χ4v) is 5.52. The Labute approximate surface area is 181 Å². The Morgan fingerprint density at radius 1 is 0.900 bits per heavy atom. The molecule has 2 fully saturated rings. The Morgan fingerprint density at radius 3 is 2.37 bits per heavy atom. The van der Waals surface area contributed by atoms with Crippen LogP contribution in [0.15, 0.2) is 12.3 Å². The van der Waals surface area contributed by atoms with E-state index in [0.29, 0.717) is 0 Å². The molecule has 7 nitrogen and oxygen atoms in total. The molecule has 0 radical (unpaired) electrons. The topological polar surface area (TPSA) is 61.3 Å². The molecule has 2 aliphatic heterocycles. The number of anilines is 2. The maximum atomic E-state index is 5.11. The van der Waals surface area contributed by atoms with Crippen LogP contribution in [0.5, 0.6) is 0 Å². The summed E-state index contributed by atoms with van der Waals surface area (Å²) in [5.74, 6) is 3.93. The second-order valence-electron chi connectivity index (χ2n) is 8.35. The molecule has 0 aliphatic carbocycles. The van der Waals surface area contributed by atoms with Crippen molar-refractivity contribution in [2.75, 3.05) is 49.1 Å². The molecule has 0 amide bonds. The van der Waals surface area contributed by atoms with E-state index in [1.54, 1.807) is 11.3 Å². The number of fused-ring (bicyclic) bond motifs is 1. The molecule has 3 aromatic rings. The van der Waals surface area contributed by atoms with Crippen LogP contribution in [0.1, 0.15) is 34.9 Å². The van der Waals surface area contributed by atoms with E-state index in [4.69, 9.17) is 9.97 Å². The van der Waals surface area contributed by atoms with E-state index in [9.17, 15) is 0 Å². The molecule has 0 spiro atoms. The van der Waals surface area contributed by atoms with Crippen molar-refractivity contribution in [2.45, 2.75) is 40.2 Å². The first kappa shape index (κ1) is 19.6. The van der Waals surface area contributed by atoms with Gasteiger partial charge >= 0.3 is 0 Å². The molecular formula is C22H29N7S. The van der Waals surface area contributed by atoms with Gasteiger partial charge in [0.1, 0.15) is 28.1 Å². The molecule has 0 saturated carbocycles. The van der Waals surface area contributed by atoms with Crippen LogP contribution in [0.25, 0.3) is 10.2 Å². The molecular weight excluding hydrogens is 394 g/mol. The zero-order valence-corrected chi connectivity index (χ0v) is 18.9. The molecule has 2 aliphatic rings. The number of aryl methyl sites for hydroxylation is 3. The average molecular weight is 424 g/mol. The molecule has 158 valence electrons. The maximum absolute atomic E-state index is 5.11. The van der Waals surface area contributed by atoms with E-state index in [0.717, 1.165) is 73.9 Å². The van der Waals surface area contributed by atoms with E-state index in [-0.39, 0.29) is 0 Å². The number of rotatable bonds is 4. The number of hydrogen-bond donors (Lipinski definition) is 0. The minimum Gasteiger partial charge on any atom is -0.353 e. The summed E-state index contributed by atoms with van der Waals surface area (Å²) in [4.78, 5) is 28.6. The smallest absolute Gasteiger partial charge is 0.146 e. The van der Waals surface area contributed by atoms with Crippen molar-refractivity contribution in [2.24, 2.45) is 0 Å². The Bertz CT molecular complexity index is 1050. The molecule has 0 bridgehead atoms. The Hall–Kier alpha value is -2.32. The summed E-state index contributed by atoms with van der Waals surface area (Å²) < 4.78 is 0. The Morgan fingerprint density at radius 2 is 1.63 bits per heavy atom. The predicted molar refractivity (Wildman–Crippen MR) is 123 cm³/mol. The highest BCUT2D eigenvalue weighted by Gasteiger charge is 2.25. The van der Waals surface area contributed by atoms with Gasteiger partial charge in [-0.05, 0) is 58.3 Å². The third-order valence-corrected chi connectivity index (χ3v) is 7.39. The zero-order valence-electron chi connectivity index (χ0n) is 18.1. The van der Waals surface area contributed by atoms with Crippen molar-refractivity contribution in [1.82, 2.24) is 24.8 Å². The van der Waals surface area contributed by atoms with Gasteiger partial charge < -0.3 is 9.80 Å². The molecule has 2 saturated heterocycles. The summed E-state index contributed by atoms with van der Waals surface area (Å²) in [5, 5.41) is 1.24. The average Bonchev–Trinajstić information content (AvgIpc) is 3.35. The molecule has 5 heterocycles. The van der Waals surface area contributed by atoms with Gasteiger partial charge in [0.05, 0.1) is 11.9 Å². The lowest BCUT2D eigenvalue weighted by molar-refractivity contribution is 0.323. The highest BCUT2D eigenvalue weighted by Crippen LogP contribution is 2.35. The van der Waals surface area contributed by atoms with Gasteiger partial charge in [0, 0.05) is 37.3 Å². The number of thiophene rings is 1. The molecule has 5 rings (SSSR count). The van der Waals surface area contributed by atoms with Crippen molar-refractivity contribution in [1.29, 1.82) is 0 Å². The first-order valence-corrected chi connectivity index (χ1v) is 11.7. The van der Waals surface area contributed by atoms with E-state index >= 15 is 0 Å². The highest BCUT2D eigenvalue weighted by molar-refractivity contribution is 7.18. The number of hydrogen-bond acceptors (Lipinski definition) is 8. The van der Waals surface area contributed by atoms with Crippen molar-refractivity contribution < 1.29 is 0 Å². The van der Waals surface area contributed by atoms with Crippen LogP contribution in [-0.4, -0.2) is 64.1 Å². The lowest BCUT2D eigenvalue weighted by Crippen LogP contribution is -2.47. The molecule has 0 aromatic carbocycles. The lowest BCUT2D eigenvalue weighted by Gasteiger charge is -2.36. The second-order valence-corrected chi connectivity index (χ2v) is 9.55. The molecule has 3 aromatic heterocycles. The van der Waals surface area contributed by atoms with E-state index < -0.39 is 0 Å². The Kier molecular flexibility index (Phi) is 5.28. The van der Waals surface area contributed by atoms with Crippen LogP contribution in [-0.2, 0) is 6.54 Å². The van der Waals surface area contributed by atoms with Gasteiger partial charge in [0.15, 0.2) is 0 Å². The largest absolute Gasteiger partial charge is 0.353 e. The van der Waals surface area contributed by atoms with Gasteiger partial charge in [-0.25, -0.2) is 19.9 Å². The van der Waals surface area contributed by atoms with Crippen molar-refractivity contribution in [3.05, 3.63) is 34.4 Å². The van der Waals surface area contributed by atoms with Crippen molar-refractivity contribution >= 4 is 33.2 Å². The lowest BCUT2D eigenvalue weighted by atomic mass is 10.2. The highest BCUT2D eigenvalue weighted by atomic mass is 32.1.